The fourth-order valence-electron chi connectivity index (χ4n) is 2.27. The zero-order valence-corrected chi connectivity index (χ0v) is 17.9. The van der Waals surface area contributed by atoms with Gasteiger partial charge in [-0.25, -0.2) is 0 Å². The molecular weight excluding hydrogens is 328 g/mol. The van der Waals surface area contributed by atoms with Gasteiger partial charge in [0.1, 0.15) is 0 Å². The molecule has 0 aliphatic carbocycles. The molecule has 0 aliphatic heterocycles. The zero-order chi connectivity index (χ0) is 19.3. The first-order valence-electron chi connectivity index (χ1n) is 10.6. The predicted molar refractivity (Wildman–Crippen MR) is 112 cm³/mol. The summed E-state index contributed by atoms with van der Waals surface area (Å²) in [6, 6.07) is 0. The number of rotatable bonds is 21. The quantitative estimate of drug-likeness (QED) is 0.228. The highest BCUT2D eigenvalue weighted by Crippen LogP contribution is 1.93. The molecule has 0 saturated heterocycles. The molecule has 0 aliphatic rings. The van der Waals surface area contributed by atoms with Crippen LogP contribution < -0.4 is 21.3 Å². The third-order valence-electron chi connectivity index (χ3n) is 3.62. The van der Waals surface area contributed by atoms with E-state index in [-0.39, 0.29) is 0 Å². The average Bonchev–Trinajstić information content (AvgIpc) is 2.59. The van der Waals surface area contributed by atoms with E-state index in [2.05, 4.69) is 49.0 Å². The molecule has 0 aromatic rings. The van der Waals surface area contributed by atoms with E-state index in [0.29, 0.717) is 11.8 Å². The SMILES string of the molecule is CC(C)COCCCNCCNCCNCCNCCCOCC(C)C. The van der Waals surface area contributed by atoms with Crippen molar-refractivity contribution in [1.29, 1.82) is 0 Å². The number of ether oxygens (including phenoxy) is 2. The van der Waals surface area contributed by atoms with Crippen LogP contribution in [0.1, 0.15) is 40.5 Å². The van der Waals surface area contributed by atoms with Gasteiger partial charge in [0.25, 0.3) is 0 Å². The first-order chi connectivity index (χ1) is 12.6. The van der Waals surface area contributed by atoms with Crippen LogP contribution >= 0.6 is 0 Å². The van der Waals surface area contributed by atoms with Crippen molar-refractivity contribution < 1.29 is 9.47 Å². The lowest BCUT2D eigenvalue weighted by atomic mass is 10.2. The molecule has 4 N–H and O–H groups in total. The zero-order valence-electron chi connectivity index (χ0n) is 17.9. The van der Waals surface area contributed by atoms with Gasteiger partial charge < -0.3 is 30.7 Å². The molecule has 6 nitrogen and oxygen atoms in total. The molecule has 0 heterocycles. The summed E-state index contributed by atoms with van der Waals surface area (Å²) in [4.78, 5) is 0. The van der Waals surface area contributed by atoms with Crippen LogP contribution in [-0.4, -0.2) is 78.8 Å². The first-order valence-corrected chi connectivity index (χ1v) is 10.6. The fourth-order valence-corrected chi connectivity index (χ4v) is 2.27. The maximum absolute atomic E-state index is 5.55. The maximum Gasteiger partial charge on any atom is 0.0489 e. The van der Waals surface area contributed by atoms with Crippen LogP contribution in [0.4, 0.5) is 0 Å². The Hall–Kier alpha value is -0.240. The molecule has 0 radical (unpaired) electrons. The van der Waals surface area contributed by atoms with Crippen molar-refractivity contribution in [1.82, 2.24) is 21.3 Å². The van der Waals surface area contributed by atoms with E-state index < -0.39 is 0 Å². The minimum Gasteiger partial charge on any atom is -0.381 e. The summed E-state index contributed by atoms with van der Waals surface area (Å²) in [7, 11) is 0. The highest BCUT2D eigenvalue weighted by molar-refractivity contribution is 4.57. The Kier molecular flexibility index (Phi) is 20.9. The first kappa shape index (κ1) is 25.8. The van der Waals surface area contributed by atoms with E-state index in [1.807, 2.05) is 0 Å². The third kappa shape index (κ3) is 23.8. The Morgan fingerprint density at radius 1 is 0.500 bits per heavy atom. The van der Waals surface area contributed by atoms with E-state index in [9.17, 15) is 0 Å². The van der Waals surface area contributed by atoms with E-state index in [1.165, 1.54) is 0 Å². The van der Waals surface area contributed by atoms with Gasteiger partial charge in [-0.3, -0.25) is 0 Å². The van der Waals surface area contributed by atoms with Crippen LogP contribution in [0.25, 0.3) is 0 Å². The van der Waals surface area contributed by atoms with Crippen molar-refractivity contribution >= 4 is 0 Å². The standard InChI is InChI=1S/C20H46N4O2/c1-19(2)17-25-15-5-7-21-9-11-23-13-14-24-12-10-22-8-6-16-26-18-20(3)4/h19-24H,5-18H2,1-4H3. The summed E-state index contributed by atoms with van der Waals surface area (Å²) in [5.74, 6) is 1.26. The van der Waals surface area contributed by atoms with Gasteiger partial charge in [-0.05, 0) is 37.8 Å². The van der Waals surface area contributed by atoms with Gasteiger partial charge in [-0.1, -0.05) is 27.7 Å². The molecule has 0 aromatic carbocycles. The second-order valence-corrected chi connectivity index (χ2v) is 7.64. The largest absolute Gasteiger partial charge is 0.381 e. The molecule has 0 amide bonds. The lowest BCUT2D eigenvalue weighted by Gasteiger charge is -2.09. The Bertz CT molecular complexity index is 240. The van der Waals surface area contributed by atoms with Gasteiger partial charge >= 0.3 is 0 Å². The predicted octanol–water partition coefficient (Wildman–Crippen LogP) is 1.47. The maximum atomic E-state index is 5.55. The molecular formula is C20H46N4O2. The summed E-state index contributed by atoms with van der Waals surface area (Å²) in [6.07, 6.45) is 2.18. The lowest BCUT2D eigenvalue weighted by Crippen LogP contribution is -2.35. The van der Waals surface area contributed by atoms with Crippen molar-refractivity contribution in [3.05, 3.63) is 0 Å². The van der Waals surface area contributed by atoms with Crippen LogP contribution in [0.5, 0.6) is 0 Å². The fraction of sp³-hybridized carbons (Fsp3) is 1.00. The van der Waals surface area contributed by atoms with E-state index in [1.54, 1.807) is 0 Å². The van der Waals surface area contributed by atoms with Gasteiger partial charge in [0.2, 0.25) is 0 Å². The Labute approximate surface area is 162 Å². The van der Waals surface area contributed by atoms with Gasteiger partial charge in [0, 0.05) is 65.7 Å². The normalized spacial score (nSPS) is 11.8. The molecule has 0 fully saturated rings. The highest BCUT2D eigenvalue weighted by Gasteiger charge is 1.95. The third-order valence-corrected chi connectivity index (χ3v) is 3.62. The lowest BCUT2D eigenvalue weighted by molar-refractivity contribution is 0.108. The molecule has 0 aromatic heterocycles. The molecule has 158 valence electrons. The van der Waals surface area contributed by atoms with Gasteiger partial charge in [-0.2, -0.15) is 0 Å². The van der Waals surface area contributed by atoms with Crippen molar-refractivity contribution in [3.63, 3.8) is 0 Å². The molecule has 0 rings (SSSR count). The molecule has 0 unspecified atom stereocenters. The van der Waals surface area contributed by atoms with E-state index >= 15 is 0 Å². The second-order valence-electron chi connectivity index (χ2n) is 7.64. The Morgan fingerprint density at radius 3 is 1.12 bits per heavy atom. The summed E-state index contributed by atoms with van der Waals surface area (Å²) >= 11 is 0. The number of hydrogen-bond acceptors (Lipinski definition) is 6. The second kappa shape index (κ2) is 21.1. The van der Waals surface area contributed by atoms with E-state index in [4.69, 9.17) is 9.47 Å². The van der Waals surface area contributed by atoms with E-state index in [0.717, 1.165) is 91.6 Å². The molecule has 0 atom stereocenters. The van der Waals surface area contributed by atoms with Gasteiger partial charge in [-0.15, -0.1) is 0 Å². The van der Waals surface area contributed by atoms with Crippen molar-refractivity contribution in [3.8, 4) is 0 Å². The summed E-state index contributed by atoms with van der Waals surface area (Å²) < 4.78 is 11.1. The molecule has 0 spiro atoms. The molecule has 0 saturated carbocycles. The average molecular weight is 375 g/mol. The smallest absolute Gasteiger partial charge is 0.0489 e. The van der Waals surface area contributed by atoms with Crippen LogP contribution in [0.15, 0.2) is 0 Å². The monoisotopic (exact) mass is 374 g/mol. The highest BCUT2D eigenvalue weighted by atomic mass is 16.5. The summed E-state index contributed by atoms with van der Waals surface area (Å²) in [6.45, 7) is 20.4. The van der Waals surface area contributed by atoms with Crippen molar-refractivity contribution in [2.24, 2.45) is 11.8 Å². The van der Waals surface area contributed by atoms with Crippen LogP contribution in [0.2, 0.25) is 0 Å². The topological polar surface area (TPSA) is 66.6 Å². The summed E-state index contributed by atoms with van der Waals surface area (Å²) in [5.41, 5.74) is 0. The Balaban J connectivity index is 2.99. The number of hydrogen-bond donors (Lipinski definition) is 4. The summed E-state index contributed by atoms with van der Waals surface area (Å²) in [5, 5.41) is 13.8. The van der Waals surface area contributed by atoms with Crippen LogP contribution in [-0.2, 0) is 9.47 Å². The molecule has 0 bridgehead atoms. The minimum atomic E-state index is 0.630. The minimum absolute atomic E-state index is 0.630. The van der Waals surface area contributed by atoms with Gasteiger partial charge in [0.05, 0.1) is 0 Å². The number of nitrogens with one attached hydrogen (secondary N) is 4. The van der Waals surface area contributed by atoms with Crippen molar-refractivity contribution in [2.75, 3.05) is 78.8 Å². The molecule has 6 heteroatoms. The van der Waals surface area contributed by atoms with Crippen molar-refractivity contribution in [2.45, 2.75) is 40.5 Å². The van der Waals surface area contributed by atoms with Crippen LogP contribution in [0, 0.1) is 11.8 Å². The van der Waals surface area contributed by atoms with Gasteiger partial charge in [0.15, 0.2) is 0 Å². The Morgan fingerprint density at radius 2 is 0.808 bits per heavy atom. The van der Waals surface area contributed by atoms with Crippen LogP contribution in [0.3, 0.4) is 0 Å². The molecule has 26 heavy (non-hydrogen) atoms.